The molecule has 1 N–H and O–H groups in total. The van der Waals surface area contributed by atoms with Gasteiger partial charge >= 0.3 is 0 Å². The van der Waals surface area contributed by atoms with Crippen molar-refractivity contribution in [1.29, 1.82) is 0 Å². The fourth-order valence-corrected chi connectivity index (χ4v) is 4.53. The summed E-state index contributed by atoms with van der Waals surface area (Å²) in [6.07, 6.45) is 2.90. The fourth-order valence-electron chi connectivity index (χ4n) is 3.16. The van der Waals surface area contributed by atoms with E-state index in [2.05, 4.69) is 61.1 Å². The lowest BCUT2D eigenvalue weighted by atomic mass is 10.1. The summed E-state index contributed by atoms with van der Waals surface area (Å²) in [7, 11) is 0. The highest BCUT2D eigenvalue weighted by atomic mass is 32.2. The van der Waals surface area contributed by atoms with Crippen molar-refractivity contribution >= 4 is 34.1 Å². The number of anilines is 1. The molecule has 2 atom stereocenters. The van der Waals surface area contributed by atoms with Crippen LogP contribution in [-0.2, 0) is 11.3 Å². The van der Waals surface area contributed by atoms with Crippen molar-refractivity contribution in [3.05, 3.63) is 59.4 Å². The number of carbonyl (C=O) groups excluding carboxylic acids is 1. The van der Waals surface area contributed by atoms with E-state index in [4.69, 9.17) is 0 Å². The predicted octanol–water partition coefficient (Wildman–Crippen LogP) is 3.63. The van der Waals surface area contributed by atoms with Gasteiger partial charge in [0.1, 0.15) is 10.8 Å². The van der Waals surface area contributed by atoms with E-state index in [0.717, 1.165) is 22.4 Å². The lowest BCUT2D eigenvalue weighted by Gasteiger charge is -2.07. The van der Waals surface area contributed by atoms with Crippen LogP contribution in [0.2, 0.25) is 0 Å². The molecule has 7 nitrogen and oxygen atoms in total. The molecule has 1 aromatic carbocycles. The Bertz CT molecular complexity index is 983. The maximum Gasteiger partial charge on any atom is 0.236 e. The number of aryl methyl sites for hydroxylation is 1. The van der Waals surface area contributed by atoms with Gasteiger partial charge in [-0.1, -0.05) is 59.5 Å². The van der Waals surface area contributed by atoms with Crippen LogP contribution in [0.15, 0.2) is 48.1 Å². The number of amides is 1. The predicted molar refractivity (Wildman–Crippen MR) is 111 cm³/mol. The maximum absolute atomic E-state index is 12.2. The minimum atomic E-state index is -0.135. The first kappa shape index (κ1) is 18.8. The zero-order valence-electron chi connectivity index (χ0n) is 15.4. The third kappa shape index (κ3) is 4.15. The minimum Gasteiger partial charge on any atom is -0.302 e. The van der Waals surface area contributed by atoms with E-state index in [1.165, 1.54) is 28.7 Å². The van der Waals surface area contributed by atoms with E-state index in [-0.39, 0.29) is 11.7 Å². The Hall–Kier alpha value is -2.52. The van der Waals surface area contributed by atoms with E-state index < -0.39 is 0 Å². The standard InChI is InChI=1S/C19H20N6OS2/c1-3-9-25-17(15-10-14(15)13-7-5-4-6-8-13)22-24-19(25)27-11-16(26)20-18-23-21-12(2)28-18/h3-8,14-15H,1,9-11H2,2H3,(H,20,23,26). The molecule has 1 aliphatic rings. The molecule has 1 saturated carbocycles. The third-order valence-electron chi connectivity index (χ3n) is 4.51. The first-order valence-electron chi connectivity index (χ1n) is 8.97. The summed E-state index contributed by atoms with van der Waals surface area (Å²) in [5, 5.41) is 21.4. The zero-order chi connectivity index (χ0) is 19.5. The Balaban J connectivity index is 1.42. The van der Waals surface area contributed by atoms with E-state index in [1.54, 1.807) is 0 Å². The van der Waals surface area contributed by atoms with Crippen LogP contribution < -0.4 is 5.32 Å². The Morgan fingerprint density at radius 1 is 1.29 bits per heavy atom. The molecule has 144 valence electrons. The normalized spacial score (nSPS) is 18.0. The first-order valence-corrected chi connectivity index (χ1v) is 10.8. The molecule has 4 rings (SSSR count). The fraction of sp³-hybridized carbons (Fsp3) is 0.316. The van der Waals surface area contributed by atoms with Gasteiger partial charge in [0.2, 0.25) is 11.0 Å². The lowest BCUT2D eigenvalue weighted by molar-refractivity contribution is -0.113. The second kappa shape index (κ2) is 8.24. The highest BCUT2D eigenvalue weighted by molar-refractivity contribution is 7.99. The molecule has 2 aromatic heterocycles. The zero-order valence-corrected chi connectivity index (χ0v) is 17.0. The van der Waals surface area contributed by atoms with Crippen LogP contribution in [0.1, 0.15) is 34.7 Å². The summed E-state index contributed by atoms with van der Waals surface area (Å²) in [4.78, 5) is 12.2. The molecule has 1 amide bonds. The van der Waals surface area contributed by atoms with Gasteiger partial charge in [-0.25, -0.2) is 0 Å². The number of allylic oxidation sites excluding steroid dienone is 1. The monoisotopic (exact) mass is 412 g/mol. The molecule has 0 aliphatic heterocycles. The average molecular weight is 413 g/mol. The van der Waals surface area contributed by atoms with Crippen molar-refractivity contribution in [1.82, 2.24) is 25.0 Å². The molecule has 3 aromatic rings. The Kier molecular flexibility index (Phi) is 5.54. The number of thioether (sulfide) groups is 1. The summed E-state index contributed by atoms with van der Waals surface area (Å²) >= 11 is 2.72. The Morgan fingerprint density at radius 2 is 2.11 bits per heavy atom. The van der Waals surface area contributed by atoms with Crippen LogP contribution in [0, 0.1) is 6.92 Å². The molecule has 1 aliphatic carbocycles. The van der Waals surface area contributed by atoms with Gasteiger partial charge in [0.05, 0.1) is 5.75 Å². The average Bonchev–Trinajstić information content (AvgIpc) is 3.24. The van der Waals surface area contributed by atoms with Crippen molar-refractivity contribution in [2.75, 3.05) is 11.1 Å². The molecule has 0 saturated heterocycles. The molecule has 28 heavy (non-hydrogen) atoms. The van der Waals surface area contributed by atoms with E-state index in [0.29, 0.717) is 23.5 Å². The number of benzene rings is 1. The molecule has 9 heteroatoms. The van der Waals surface area contributed by atoms with Crippen LogP contribution in [-0.4, -0.2) is 36.6 Å². The molecular formula is C19H20N6OS2. The van der Waals surface area contributed by atoms with Gasteiger partial charge < -0.3 is 4.57 Å². The van der Waals surface area contributed by atoms with Gasteiger partial charge in [0.15, 0.2) is 5.16 Å². The van der Waals surface area contributed by atoms with Gasteiger partial charge in [0, 0.05) is 12.5 Å². The molecule has 0 bridgehead atoms. The second-order valence-electron chi connectivity index (χ2n) is 6.56. The van der Waals surface area contributed by atoms with Crippen LogP contribution in [0.25, 0.3) is 0 Å². The van der Waals surface area contributed by atoms with Gasteiger partial charge in [-0.15, -0.1) is 27.0 Å². The number of hydrogen-bond donors (Lipinski definition) is 1. The van der Waals surface area contributed by atoms with Crippen molar-refractivity contribution < 1.29 is 4.79 Å². The SMILES string of the molecule is C=CCn1c(SCC(=O)Nc2nnc(C)s2)nnc1C1CC1c1ccccc1. The summed E-state index contributed by atoms with van der Waals surface area (Å²) in [5.74, 6) is 1.92. The smallest absolute Gasteiger partial charge is 0.236 e. The molecule has 2 heterocycles. The number of aromatic nitrogens is 5. The Morgan fingerprint density at radius 3 is 2.82 bits per heavy atom. The maximum atomic E-state index is 12.2. The third-order valence-corrected chi connectivity index (χ3v) is 6.23. The summed E-state index contributed by atoms with van der Waals surface area (Å²) < 4.78 is 2.06. The van der Waals surface area contributed by atoms with Crippen LogP contribution in [0.4, 0.5) is 5.13 Å². The molecule has 2 unspecified atom stereocenters. The van der Waals surface area contributed by atoms with Gasteiger partial charge in [0.25, 0.3) is 0 Å². The second-order valence-corrected chi connectivity index (χ2v) is 8.69. The van der Waals surface area contributed by atoms with Crippen molar-refractivity contribution in [3.8, 4) is 0 Å². The summed E-state index contributed by atoms with van der Waals surface area (Å²) in [6, 6.07) is 10.5. The van der Waals surface area contributed by atoms with Crippen molar-refractivity contribution in [2.45, 2.75) is 36.9 Å². The van der Waals surface area contributed by atoms with Gasteiger partial charge in [-0.2, -0.15) is 0 Å². The quantitative estimate of drug-likeness (QED) is 0.449. The van der Waals surface area contributed by atoms with Gasteiger partial charge in [-0.3, -0.25) is 10.1 Å². The van der Waals surface area contributed by atoms with Crippen LogP contribution >= 0.6 is 23.1 Å². The van der Waals surface area contributed by atoms with Gasteiger partial charge in [-0.05, 0) is 24.8 Å². The van der Waals surface area contributed by atoms with Crippen molar-refractivity contribution in [2.24, 2.45) is 0 Å². The highest BCUT2D eigenvalue weighted by Gasteiger charge is 2.43. The van der Waals surface area contributed by atoms with Crippen LogP contribution in [0.5, 0.6) is 0 Å². The number of rotatable bonds is 8. The largest absolute Gasteiger partial charge is 0.302 e. The summed E-state index contributed by atoms with van der Waals surface area (Å²) in [5.41, 5.74) is 1.33. The van der Waals surface area contributed by atoms with E-state index >= 15 is 0 Å². The lowest BCUT2D eigenvalue weighted by Crippen LogP contribution is -2.14. The Labute approximate surface area is 171 Å². The van der Waals surface area contributed by atoms with E-state index in [9.17, 15) is 4.79 Å². The number of hydrogen-bond acceptors (Lipinski definition) is 7. The van der Waals surface area contributed by atoms with Crippen LogP contribution in [0.3, 0.4) is 0 Å². The summed E-state index contributed by atoms with van der Waals surface area (Å²) in [6.45, 7) is 6.32. The van der Waals surface area contributed by atoms with E-state index in [1.807, 2.05) is 19.1 Å². The van der Waals surface area contributed by atoms with Crippen molar-refractivity contribution in [3.63, 3.8) is 0 Å². The number of carbonyl (C=O) groups is 1. The first-order chi connectivity index (χ1) is 13.7. The topological polar surface area (TPSA) is 85.6 Å². The highest BCUT2D eigenvalue weighted by Crippen LogP contribution is 2.54. The molecule has 1 fully saturated rings. The number of nitrogens with zero attached hydrogens (tertiary/aromatic N) is 5. The minimum absolute atomic E-state index is 0.135. The molecular weight excluding hydrogens is 392 g/mol. The molecule has 0 spiro atoms. The number of nitrogens with one attached hydrogen (secondary N) is 1. The molecule has 0 radical (unpaired) electrons.